The lowest BCUT2D eigenvalue weighted by atomic mass is 10.0. The number of ether oxygens (including phenoxy) is 1. The maximum atomic E-state index is 12.5. The molecule has 0 aliphatic carbocycles. The summed E-state index contributed by atoms with van der Waals surface area (Å²) in [4.78, 5) is 24.5. The predicted molar refractivity (Wildman–Crippen MR) is 105 cm³/mol. The second kappa shape index (κ2) is 7.23. The molecule has 1 heterocycles. The number of phenolic OH excluding ortho intramolecular Hbond substituents is 1. The lowest BCUT2D eigenvalue weighted by Crippen LogP contribution is -2.45. The van der Waals surface area contributed by atoms with E-state index >= 15 is 0 Å². The average molecular weight is 491 g/mol. The molecule has 0 unspecified atom stereocenters. The van der Waals surface area contributed by atoms with Gasteiger partial charge in [-0.05, 0) is 78.6 Å². The third-order valence-corrected chi connectivity index (χ3v) is 4.78. The van der Waals surface area contributed by atoms with E-state index in [4.69, 9.17) is 9.15 Å². The quantitative estimate of drug-likeness (QED) is 0.594. The van der Waals surface area contributed by atoms with E-state index in [1.807, 2.05) is 0 Å². The highest BCUT2D eigenvalue weighted by Gasteiger charge is 2.29. The number of esters is 1. The standard InChI is InChI=1S/C18H21Br2NO5/c1-17(2,3)26-13(22)8-18(4,5)21-16(24)12-6-9-11(25-12)7-10(19)15(23)14(9)20/h6-7,23H,8H2,1-5H3,(H,21,24). The molecule has 0 aliphatic heterocycles. The summed E-state index contributed by atoms with van der Waals surface area (Å²) in [6.45, 7) is 8.83. The molecule has 142 valence electrons. The molecule has 0 bridgehead atoms. The van der Waals surface area contributed by atoms with E-state index in [-0.39, 0.29) is 17.9 Å². The SMILES string of the molecule is CC(C)(CC(=O)OC(C)(C)C)NC(=O)c1cc2c(Br)c(O)c(Br)cc2o1. The minimum absolute atomic E-state index is 0.0201. The molecule has 1 amide bonds. The highest BCUT2D eigenvalue weighted by atomic mass is 79.9. The van der Waals surface area contributed by atoms with Crippen LogP contribution in [0.3, 0.4) is 0 Å². The molecule has 2 N–H and O–H groups in total. The zero-order valence-corrected chi connectivity index (χ0v) is 18.4. The third-order valence-electron chi connectivity index (χ3n) is 3.37. The monoisotopic (exact) mass is 489 g/mol. The number of amides is 1. The van der Waals surface area contributed by atoms with Crippen LogP contribution in [0.15, 0.2) is 25.5 Å². The van der Waals surface area contributed by atoms with Crippen LogP contribution in [-0.2, 0) is 9.53 Å². The Hall–Kier alpha value is -1.54. The lowest BCUT2D eigenvalue weighted by molar-refractivity contribution is -0.156. The summed E-state index contributed by atoms with van der Waals surface area (Å²) in [7, 11) is 0. The van der Waals surface area contributed by atoms with Crippen LogP contribution >= 0.6 is 31.9 Å². The Kier molecular flexibility index (Phi) is 5.77. The van der Waals surface area contributed by atoms with Gasteiger partial charge in [-0.15, -0.1) is 0 Å². The molecule has 0 spiro atoms. The van der Waals surface area contributed by atoms with Crippen molar-refractivity contribution in [1.29, 1.82) is 0 Å². The summed E-state index contributed by atoms with van der Waals surface area (Å²) in [5.41, 5.74) is -0.965. The fourth-order valence-corrected chi connectivity index (χ4v) is 3.56. The molecule has 1 aromatic heterocycles. The maximum Gasteiger partial charge on any atom is 0.308 e. The predicted octanol–water partition coefficient (Wildman–Crippen LogP) is 4.90. The Balaban J connectivity index is 2.17. The Bertz CT molecular complexity index is 865. The number of phenols is 1. The van der Waals surface area contributed by atoms with E-state index in [1.165, 1.54) is 6.07 Å². The largest absolute Gasteiger partial charge is 0.506 e. The van der Waals surface area contributed by atoms with Crippen molar-refractivity contribution >= 4 is 54.7 Å². The van der Waals surface area contributed by atoms with Gasteiger partial charge in [-0.3, -0.25) is 9.59 Å². The van der Waals surface area contributed by atoms with Gasteiger partial charge in [0.1, 0.15) is 16.9 Å². The third kappa shape index (κ3) is 5.01. The number of aromatic hydroxyl groups is 1. The average Bonchev–Trinajstić information content (AvgIpc) is 2.85. The minimum Gasteiger partial charge on any atom is -0.506 e. The van der Waals surface area contributed by atoms with Gasteiger partial charge in [0.15, 0.2) is 5.76 Å². The number of fused-ring (bicyclic) bond motifs is 1. The number of carbonyl (C=O) groups is 2. The fraction of sp³-hybridized carbons (Fsp3) is 0.444. The zero-order valence-electron chi connectivity index (χ0n) is 15.2. The molecule has 1 aromatic carbocycles. The van der Waals surface area contributed by atoms with E-state index in [0.717, 1.165) is 0 Å². The molecule has 6 nitrogen and oxygen atoms in total. The van der Waals surface area contributed by atoms with Crippen molar-refractivity contribution in [2.45, 2.75) is 52.2 Å². The van der Waals surface area contributed by atoms with Crippen molar-refractivity contribution in [3.8, 4) is 5.75 Å². The number of hydrogen-bond acceptors (Lipinski definition) is 5. The van der Waals surface area contributed by atoms with Gasteiger partial charge in [-0.25, -0.2) is 0 Å². The number of hydrogen-bond donors (Lipinski definition) is 2. The van der Waals surface area contributed by atoms with E-state index in [2.05, 4.69) is 37.2 Å². The van der Waals surface area contributed by atoms with Crippen LogP contribution in [0.25, 0.3) is 11.0 Å². The van der Waals surface area contributed by atoms with Crippen molar-refractivity contribution in [3.05, 3.63) is 26.8 Å². The topological polar surface area (TPSA) is 88.8 Å². The molecule has 2 aromatic rings. The molecule has 2 rings (SSSR count). The molecular formula is C18H21Br2NO5. The highest BCUT2D eigenvalue weighted by Crippen LogP contribution is 2.40. The minimum atomic E-state index is -0.821. The van der Waals surface area contributed by atoms with Crippen molar-refractivity contribution in [3.63, 3.8) is 0 Å². The van der Waals surface area contributed by atoms with Crippen LogP contribution in [0.1, 0.15) is 51.6 Å². The van der Waals surface area contributed by atoms with Crippen molar-refractivity contribution in [1.82, 2.24) is 5.32 Å². The van der Waals surface area contributed by atoms with Gasteiger partial charge in [0.25, 0.3) is 5.91 Å². The van der Waals surface area contributed by atoms with Gasteiger partial charge in [-0.1, -0.05) is 0 Å². The number of carbonyl (C=O) groups excluding carboxylic acids is 2. The maximum absolute atomic E-state index is 12.5. The van der Waals surface area contributed by atoms with Gasteiger partial charge in [0.05, 0.1) is 15.4 Å². The summed E-state index contributed by atoms with van der Waals surface area (Å²) in [5.74, 6) is -0.757. The lowest BCUT2D eigenvalue weighted by Gasteiger charge is -2.27. The highest BCUT2D eigenvalue weighted by molar-refractivity contribution is 9.11. The van der Waals surface area contributed by atoms with Crippen LogP contribution in [-0.4, -0.2) is 28.1 Å². The normalized spacial score (nSPS) is 12.3. The Morgan fingerprint density at radius 3 is 2.38 bits per heavy atom. The first-order valence-electron chi connectivity index (χ1n) is 7.94. The summed E-state index contributed by atoms with van der Waals surface area (Å²) < 4.78 is 11.8. The molecule has 0 radical (unpaired) electrons. The first-order valence-corrected chi connectivity index (χ1v) is 9.52. The summed E-state index contributed by atoms with van der Waals surface area (Å²) in [6.07, 6.45) is 0.0201. The summed E-state index contributed by atoms with van der Waals surface area (Å²) in [5, 5.41) is 13.3. The molecule has 0 fully saturated rings. The zero-order chi connectivity index (χ0) is 19.9. The first kappa shape index (κ1) is 20.8. The van der Waals surface area contributed by atoms with Gasteiger partial charge in [0.2, 0.25) is 0 Å². The number of halogens is 2. The van der Waals surface area contributed by atoms with Crippen molar-refractivity contribution in [2.24, 2.45) is 0 Å². The van der Waals surface area contributed by atoms with Crippen LogP contribution in [0.2, 0.25) is 0 Å². The van der Waals surface area contributed by atoms with Crippen molar-refractivity contribution < 1.29 is 23.8 Å². The molecular weight excluding hydrogens is 470 g/mol. The van der Waals surface area contributed by atoms with Crippen LogP contribution in [0.4, 0.5) is 0 Å². The molecule has 8 heteroatoms. The smallest absolute Gasteiger partial charge is 0.308 e. The van der Waals surface area contributed by atoms with Gasteiger partial charge >= 0.3 is 5.97 Å². The second-order valence-electron chi connectivity index (χ2n) is 7.64. The van der Waals surface area contributed by atoms with Crippen molar-refractivity contribution in [2.75, 3.05) is 0 Å². The van der Waals surface area contributed by atoms with E-state index < -0.39 is 23.0 Å². The van der Waals surface area contributed by atoms with Crippen LogP contribution in [0, 0.1) is 0 Å². The molecule has 0 saturated heterocycles. The van der Waals surface area contributed by atoms with Crippen LogP contribution in [0.5, 0.6) is 5.75 Å². The van der Waals surface area contributed by atoms with E-state index in [0.29, 0.717) is 19.9 Å². The van der Waals surface area contributed by atoms with Gasteiger partial charge in [0, 0.05) is 10.9 Å². The van der Waals surface area contributed by atoms with E-state index in [9.17, 15) is 14.7 Å². The Labute approximate surface area is 168 Å². The summed E-state index contributed by atoms with van der Waals surface area (Å²) in [6, 6.07) is 3.11. The number of rotatable bonds is 4. The molecule has 26 heavy (non-hydrogen) atoms. The molecule has 0 atom stereocenters. The second-order valence-corrected chi connectivity index (χ2v) is 9.29. The molecule has 0 aliphatic rings. The van der Waals surface area contributed by atoms with Crippen LogP contribution < -0.4 is 5.32 Å². The van der Waals surface area contributed by atoms with E-state index in [1.54, 1.807) is 40.7 Å². The Morgan fingerprint density at radius 2 is 1.81 bits per heavy atom. The molecule has 0 saturated carbocycles. The number of nitrogens with one attached hydrogen (secondary N) is 1. The number of furan rings is 1. The van der Waals surface area contributed by atoms with Gasteiger partial charge in [-0.2, -0.15) is 0 Å². The fourth-order valence-electron chi connectivity index (χ4n) is 2.36. The Morgan fingerprint density at radius 1 is 1.19 bits per heavy atom. The first-order chi connectivity index (χ1) is 11.8. The van der Waals surface area contributed by atoms with Gasteiger partial charge < -0.3 is 19.6 Å². The summed E-state index contributed by atoms with van der Waals surface area (Å²) >= 11 is 6.50. The number of benzene rings is 1.